The molecule has 0 radical (unpaired) electrons. The lowest BCUT2D eigenvalue weighted by molar-refractivity contribution is -0.123. The highest BCUT2D eigenvalue weighted by Crippen LogP contribution is 2.22. The zero-order valence-corrected chi connectivity index (χ0v) is 20.6. The van der Waals surface area contributed by atoms with Gasteiger partial charge in [0, 0.05) is 10.9 Å². The molecule has 1 heterocycles. The molecule has 0 fully saturated rings. The number of aromatic nitrogens is 2. The molecule has 0 aliphatic rings. The van der Waals surface area contributed by atoms with Gasteiger partial charge in [-0.2, -0.15) is 10.2 Å². The fourth-order valence-corrected chi connectivity index (χ4v) is 3.94. The smallest absolute Gasteiger partial charge is 0.272 e. The van der Waals surface area contributed by atoms with E-state index in [0.717, 1.165) is 0 Å². The average molecular weight is 518 g/mol. The van der Waals surface area contributed by atoms with E-state index >= 15 is 0 Å². The maximum Gasteiger partial charge on any atom is 0.272 e. The predicted octanol–water partition coefficient (Wildman–Crippen LogP) is 4.34. The summed E-state index contributed by atoms with van der Waals surface area (Å²) in [6.45, 7) is 0. The van der Waals surface area contributed by atoms with Gasteiger partial charge in [-0.1, -0.05) is 66.7 Å². The molecule has 4 aromatic carbocycles. The van der Waals surface area contributed by atoms with Gasteiger partial charge in [0.15, 0.2) is 6.04 Å². The molecule has 0 spiro atoms. The number of carbonyl (C=O) groups excluding carboxylic acids is 2. The van der Waals surface area contributed by atoms with Crippen LogP contribution in [0.25, 0.3) is 10.8 Å². The highest BCUT2D eigenvalue weighted by atomic mass is 16.5. The summed E-state index contributed by atoms with van der Waals surface area (Å²) < 4.78 is 5.85. The van der Waals surface area contributed by atoms with Crippen molar-refractivity contribution in [3.8, 4) is 11.5 Å². The number of hydrogen-bond acceptors (Lipinski definition) is 6. The van der Waals surface area contributed by atoms with E-state index in [9.17, 15) is 14.4 Å². The first kappa shape index (κ1) is 25.1. The number of nitrogens with zero attached hydrogens (tertiary/aromatic N) is 2. The highest BCUT2D eigenvalue weighted by Gasteiger charge is 2.27. The second-order valence-electron chi connectivity index (χ2n) is 8.48. The molecule has 192 valence electrons. The van der Waals surface area contributed by atoms with Crippen LogP contribution in [0, 0.1) is 0 Å². The summed E-state index contributed by atoms with van der Waals surface area (Å²) in [5, 5.41) is 14.1. The van der Waals surface area contributed by atoms with Gasteiger partial charge in [0.1, 0.15) is 17.2 Å². The molecule has 5 aromatic rings. The van der Waals surface area contributed by atoms with Gasteiger partial charge >= 0.3 is 0 Å². The van der Waals surface area contributed by atoms with Crippen LogP contribution in [0.4, 0.5) is 0 Å². The Balaban J connectivity index is 1.39. The van der Waals surface area contributed by atoms with Crippen LogP contribution in [0.1, 0.15) is 27.7 Å². The summed E-state index contributed by atoms with van der Waals surface area (Å²) in [4.78, 5) is 38.6. The van der Waals surface area contributed by atoms with Crippen molar-refractivity contribution in [2.75, 3.05) is 0 Å². The van der Waals surface area contributed by atoms with E-state index < -0.39 is 23.4 Å². The average Bonchev–Trinajstić information content (AvgIpc) is 2.97. The first-order valence-electron chi connectivity index (χ1n) is 12.1. The fraction of sp³-hybridized carbons (Fsp3) is 0.0333. The van der Waals surface area contributed by atoms with E-state index in [2.05, 4.69) is 26.0 Å². The Bertz CT molecular complexity index is 1700. The topological polar surface area (TPSA) is 126 Å². The standard InChI is InChI=1S/C30H23N5O4/c36-28(21-11-3-1-4-12-21)32-27(26-24-16-7-8-17-25(24)29(37)35-33-26)30(38)34-31-19-20-10-9-15-23(18-20)39-22-13-5-2-6-14-22/h1-19,27H,(H,32,36)(H,34,38)(H,35,37)/b31-19-/t27-/m1/s1. The lowest BCUT2D eigenvalue weighted by atomic mass is 10.0. The number of benzene rings is 4. The maximum atomic E-state index is 13.3. The van der Waals surface area contributed by atoms with Crippen molar-refractivity contribution in [2.24, 2.45) is 5.10 Å². The van der Waals surface area contributed by atoms with Gasteiger partial charge in [0.25, 0.3) is 17.4 Å². The van der Waals surface area contributed by atoms with Gasteiger partial charge in [0.2, 0.25) is 0 Å². The third-order valence-corrected chi connectivity index (χ3v) is 5.80. The van der Waals surface area contributed by atoms with Gasteiger partial charge < -0.3 is 10.1 Å². The molecule has 39 heavy (non-hydrogen) atoms. The molecular weight excluding hydrogens is 494 g/mol. The second-order valence-corrected chi connectivity index (χ2v) is 8.48. The summed E-state index contributed by atoms with van der Waals surface area (Å²) in [5.41, 5.74) is 3.30. The number of fused-ring (bicyclic) bond motifs is 1. The largest absolute Gasteiger partial charge is 0.457 e. The van der Waals surface area contributed by atoms with Crippen LogP contribution in [0.5, 0.6) is 11.5 Å². The second kappa shape index (κ2) is 11.7. The first-order valence-corrected chi connectivity index (χ1v) is 12.1. The summed E-state index contributed by atoms with van der Waals surface area (Å²) in [6.07, 6.45) is 1.46. The zero-order valence-electron chi connectivity index (χ0n) is 20.6. The number of aromatic amines is 1. The Hall–Kier alpha value is -5.57. The van der Waals surface area contributed by atoms with Gasteiger partial charge in [-0.15, -0.1) is 0 Å². The normalized spacial score (nSPS) is 11.7. The van der Waals surface area contributed by atoms with Gasteiger partial charge in [0.05, 0.1) is 11.6 Å². The number of carbonyl (C=O) groups is 2. The van der Waals surface area contributed by atoms with Crippen molar-refractivity contribution in [2.45, 2.75) is 6.04 Å². The number of ether oxygens (including phenoxy) is 1. The van der Waals surface area contributed by atoms with E-state index in [0.29, 0.717) is 33.4 Å². The van der Waals surface area contributed by atoms with E-state index in [4.69, 9.17) is 4.74 Å². The SMILES string of the molecule is O=C(N[C@@H](C(=O)N/N=C\c1cccc(Oc2ccccc2)c1)c1n[nH]c(=O)c2ccccc12)c1ccccc1. The van der Waals surface area contributed by atoms with Crippen molar-refractivity contribution >= 4 is 28.8 Å². The quantitative estimate of drug-likeness (QED) is 0.209. The Morgan fingerprint density at radius 2 is 1.49 bits per heavy atom. The van der Waals surface area contributed by atoms with Gasteiger partial charge in [-0.3, -0.25) is 14.4 Å². The molecule has 1 atom stereocenters. The Morgan fingerprint density at radius 1 is 0.821 bits per heavy atom. The number of hydrazone groups is 1. The number of rotatable bonds is 8. The molecule has 0 unspecified atom stereocenters. The van der Waals surface area contributed by atoms with Crippen LogP contribution in [0.15, 0.2) is 119 Å². The minimum atomic E-state index is -1.25. The predicted molar refractivity (Wildman–Crippen MR) is 148 cm³/mol. The van der Waals surface area contributed by atoms with Crippen LogP contribution in [-0.4, -0.2) is 28.2 Å². The van der Waals surface area contributed by atoms with Crippen LogP contribution < -0.4 is 21.0 Å². The number of H-pyrrole nitrogens is 1. The fourth-order valence-electron chi connectivity index (χ4n) is 3.94. The lowest BCUT2D eigenvalue weighted by Crippen LogP contribution is -2.40. The molecule has 0 bridgehead atoms. The molecule has 9 heteroatoms. The Labute approximate surface area is 223 Å². The van der Waals surface area contributed by atoms with Gasteiger partial charge in [-0.25, -0.2) is 10.5 Å². The number of amides is 2. The number of hydrogen-bond donors (Lipinski definition) is 3. The molecule has 0 aliphatic carbocycles. The van der Waals surface area contributed by atoms with Crippen molar-refractivity contribution < 1.29 is 14.3 Å². The van der Waals surface area contributed by atoms with Gasteiger partial charge in [-0.05, 0) is 48.0 Å². The number of para-hydroxylation sites is 1. The molecule has 1 aromatic heterocycles. The third-order valence-electron chi connectivity index (χ3n) is 5.80. The molecule has 5 rings (SSSR count). The third kappa shape index (κ3) is 6.05. The lowest BCUT2D eigenvalue weighted by Gasteiger charge is -2.18. The van der Waals surface area contributed by atoms with Crippen LogP contribution in [-0.2, 0) is 4.79 Å². The summed E-state index contributed by atoms with van der Waals surface area (Å²) >= 11 is 0. The molecule has 2 amide bonds. The number of nitrogens with one attached hydrogen (secondary N) is 3. The van der Waals surface area contributed by atoms with E-state index in [1.807, 2.05) is 36.4 Å². The summed E-state index contributed by atoms with van der Waals surface area (Å²) in [5.74, 6) is 0.172. The monoisotopic (exact) mass is 517 g/mol. The van der Waals surface area contributed by atoms with Crippen molar-refractivity contribution in [1.82, 2.24) is 20.9 Å². The van der Waals surface area contributed by atoms with E-state index in [-0.39, 0.29) is 5.69 Å². The van der Waals surface area contributed by atoms with Crippen molar-refractivity contribution in [3.05, 3.63) is 136 Å². The van der Waals surface area contributed by atoms with Crippen molar-refractivity contribution in [1.29, 1.82) is 0 Å². The first-order chi connectivity index (χ1) is 19.1. The van der Waals surface area contributed by atoms with E-state index in [1.165, 1.54) is 6.21 Å². The molecule has 0 saturated carbocycles. The molecule has 9 nitrogen and oxygen atoms in total. The zero-order chi connectivity index (χ0) is 27.0. The van der Waals surface area contributed by atoms with Crippen LogP contribution in [0.2, 0.25) is 0 Å². The minimum absolute atomic E-state index is 0.181. The Kier molecular flexibility index (Phi) is 7.50. The van der Waals surface area contributed by atoms with Crippen LogP contribution >= 0.6 is 0 Å². The van der Waals surface area contributed by atoms with Crippen molar-refractivity contribution in [3.63, 3.8) is 0 Å². The van der Waals surface area contributed by atoms with E-state index in [1.54, 1.807) is 72.8 Å². The Morgan fingerprint density at radius 3 is 2.26 bits per heavy atom. The summed E-state index contributed by atoms with van der Waals surface area (Å²) in [6, 6.07) is 30.5. The van der Waals surface area contributed by atoms with Crippen LogP contribution in [0.3, 0.4) is 0 Å². The molecule has 3 N–H and O–H groups in total. The molecular formula is C30H23N5O4. The molecule has 0 saturated heterocycles. The molecule has 0 aliphatic heterocycles. The summed E-state index contributed by atoms with van der Waals surface area (Å²) in [7, 11) is 0. The highest BCUT2D eigenvalue weighted by molar-refractivity contribution is 5.99. The maximum absolute atomic E-state index is 13.3. The minimum Gasteiger partial charge on any atom is -0.457 e.